The number of carbonyl (C=O) groups is 1. The van der Waals surface area contributed by atoms with E-state index < -0.39 is 0 Å². The van der Waals surface area contributed by atoms with Crippen LogP contribution in [0.2, 0.25) is 0 Å². The molecule has 1 saturated heterocycles. The number of aliphatic hydroxyl groups is 1. The van der Waals surface area contributed by atoms with E-state index in [4.69, 9.17) is 10.9 Å². The Kier molecular flexibility index (Phi) is 4.41. The van der Waals surface area contributed by atoms with Crippen molar-refractivity contribution in [1.29, 1.82) is 0 Å². The van der Waals surface area contributed by atoms with Gasteiger partial charge in [-0.3, -0.25) is 4.79 Å². The molecule has 3 aromatic rings. The molecule has 2 heterocycles. The zero-order valence-electron chi connectivity index (χ0n) is 16.5. The maximum absolute atomic E-state index is 12.5. The number of terminal acetylenes is 1. The highest BCUT2D eigenvalue weighted by Gasteiger charge is 2.48. The van der Waals surface area contributed by atoms with Crippen LogP contribution >= 0.6 is 0 Å². The first-order chi connectivity index (χ1) is 14.6. The predicted molar refractivity (Wildman–Crippen MR) is 111 cm³/mol. The summed E-state index contributed by atoms with van der Waals surface area (Å²) >= 11 is 0. The molecule has 0 saturated carbocycles. The Bertz CT molecular complexity index is 1160. The van der Waals surface area contributed by atoms with Crippen LogP contribution in [0.5, 0.6) is 0 Å². The normalized spacial score (nSPS) is 20.0. The van der Waals surface area contributed by atoms with Gasteiger partial charge in [-0.1, -0.05) is 29.3 Å². The van der Waals surface area contributed by atoms with E-state index in [9.17, 15) is 9.90 Å². The summed E-state index contributed by atoms with van der Waals surface area (Å²) in [5, 5.41) is 13.5. The van der Waals surface area contributed by atoms with Gasteiger partial charge >= 0.3 is 0 Å². The van der Waals surface area contributed by atoms with Crippen LogP contribution in [0, 0.1) is 12.3 Å². The Morgan fingerprint density at radius 1 is 1.23 bits per heavy atom. The van der Waals surface area contributed by atoms with Crippen molar-refractivity contribution >= 4 is 5.91 Å². The van der Waals surface area contributed by atoms with Crippen molar-refractivity contribution in [1.82, 2.24) is 15.0 Å². The predicted octanol–water partition coefficient (Wildman–Crippen LogP) is 2.79. The quantitative estimate of drug-likeness (QED) is 0.683. The lowest BCUT2D eigenvalue weighted by atomic mass is 9.80. The van der Waals surface area contributed by atoms with E-state index in [2.05, 4.69) is 22.1 Å². The van der Waals surface area contributed by atoms with Crippen LogP contribution in [0.4, 0.5) is 0 Å². The summed E-state index contributed by atoms with van der Waals surface area (Å²) in [6.45, 7) is 1.03. The Labute approximate surface area is 174 Å². The second kappa shape index (κ2) is 7.12. The second-order valence-electron chi connectivity index (χ2n) is 7.97. The van der Waals surface area contributed by atoms with Gasteiger partial charge in [0.2, 0.25) is 11.7 Å². The molecule has 150 valence electrons. The maximum atomic E-state index is 12.5. The summed E-state index contributed by atoms with van der Waals surface area (Å²) in [6, 6.07) is 13.6. The van der Waals surface area contributed by atoms with Crippen molar-refractivity contribution in [2.75, 3.05) is 19.7 Å². The number of aliphatic hydroxyl groups excluding tert-OH is 1. The second-order valence-corrected chi connectivity index (χ2v) is 7.97. The fraction of sp³-hybridized carbons (Fsp3) is 0.292. The number of nitrogens with zero attached hydrogens (tertiary/aromatic N) is 3. The number of fused-ring (bicyclic) bond motifs is 2. The third kappa shape index (κ3) is 2.90. The maximum Gasteiger partial charge on any atom is 0.258 e. The fourth-order valence-electron chi connectivity index (χ4n) is 4.80. The van der Waals surface area contributed by atoms with E-state index in [1.807, 2.05) is 36.4 Å². The smallest absolute Gasteiger partial charge is 0.258 e. The molecule has 0 bridgehead atoms. The summed E-state index contributed by atoms with van der Waals surface area (Å²) in [5.74, 6) is 3.71. The molecule has 1 aromatic heterocycles. The van der Waals surface area contributed by atoms with Crippen molar-refractivity contribution in [3.05, 3.63) is 59.2 Å². The molecule has 0 unspecified atom stereocenters. The number of rotatable bonds is 4. The van der Waals surface area contributed by atoms with Gasteiger partial charge in [0.15, 0.2) is 0 Å². The molecule has 2 aliphatic rings. The van der Waals surface area contributed by atoms with Crippen LogP contribution in [-0.4, -0.2) is 45.8 Å². The van der Waals surface area contributed by atoms with E-state index in [1.165, 1.54) is 11.1 Å². The number of benzene rings is 2. The van der Waals surface area contributed by atoms with Gasteiger partial charge in [0.05, 0.1) is 6.61 Å². The van der Waals surface area contributed by atoms with E-state index in [0.29, 0.717) is 31.2 Å². The summed E-state index contributed by atoms with van der Waals surface area (Å²) < 4.78 is 5.52. The van der Waals surface area contributed by atoms with Gasteiger partial charge in [0, 0.05) is 41.6 Å². The average molecular weight is 399 g/mol. The third-order valence-electron chi connectivity index (χ3n) is 6.27. The van der Waals surface area contributed by atoms with E-state index in [1.54, 1.807) is 4.90 Å². The first-order valence-electron chi connectivity index (χ1n) is 10.1. The molecular weight excluding hydrogens is 378 g/mol. The van der Waals surface area contributed by atoms with E-state index in [-0.39, 0.29) is 17.9 Å². The third-order valence-corrected chi connectivity index (χ3v) is 6.27. The van der Waals surface area contributed by atoms with Gasteiger partial charge in [-0.2, -0.15) is 4.98 Å². The Morgan fingerprint density at radius 2 is 2.07 bits per heavy atom. The Hall–Kier alpha value is -3.43. The first-order valence-corrected chi connectivity index (χ1v) is 10.1. The van der Waals surface area contributed by atoms with Crippen molar-refractivity contribution in [2.24, 2.45) is 0 Å². The number of hydrogen-bond acceptors (Lipinski definition) is 5. The van der Waals surface area contributed by atoms with Gasteiger partial charge in [0.1, 0.15) is 0 Å². The molecule has 1 N–H and O–H groups in total. The number of hydrogen-bond donors (Lipinski definition) is 1. The Morgan fingerprint density at radius 3 is 2.83 bits per heavy atom. The van der Waals surface area contributed by atoms with Crippen molar-refractivity contribution in [2.45, 2.75) is 24.7 Å². The van der Waals surface area contributed by atoms with Crippen molar-refractivity contribution < 1.29 is 14.4 Å². The molecule has 2 aromatic carbocycles. The van der Waals surface area contributed by atoms with Crippen LogP contribution in [0.1, 0.15) is 29.5 Å². The number of carbonyl (C=O) groups excluding carboxylic acids is 1. The lowest BCUT2D eigenvalue weighted by Gasteiger charge is -2.24. The van der Waals surface area contributed by atoms with Crippen LogP contribution in [0.25, 0.3) is 22.8 Å². The van der Waals surface area contributed by atoms with Crippen LogP contribution in [0.15, 0.2) is 47.0 Å². The minimum atomic E-state index is -0.185. The molecule has 6 nitrogen and oxygen atoms in total. The van der Waals surface area contributed by atoms with Gasteiger partial charge < -0.3 is 14.5 Å². The van der Waals surface area contributed by atoms with Crippen molar-refractivity contribution in [3.63, 3.8) is 0 Å². The first kappa shape index (κ1) is 18.6. The number of amides is 1. The van der Waals surface area contributed by atoms with Gasteiger partial charge in [-0.15, -0.1) is 6.42 Å². The molecule has 1 aliphatic heterocycles. The lowest BCUT2D eigenvalue weighted by Crippen LogP contribution is -2.32. The summed E-state index contributed by atoms with van der Waals surface area (Å²) in [6.07, 6.45) is 7.68. The zero-order valence-corrected chi connectivity index (χ0v) is 16.5. The standard InChI is InChI=1S/C24H21N3O3/c1-2-16-6-8-17(9-7-16)23-25-22(26-30-23)19-4-3-5-20-18(19)10-11-24(20)14-21(29)27(15-24)12-13-28/h1,3-9,28H,10-15H2/t24-/m1/s1. The molecule has 1 fully saturated rings. The van der Waals surface area contributed by atoms with E-state index >= 15 is 0 Å². The van der Waals surface area contributed by atoms with Crippen LogP contribution in [0.3, 0.4) is 0 Å². The highest BCUT2D eigenvalue weighted by molar-refractivity contribution is 5.82. The number of β-amino-alcohol motifs (C(OH)–C–C–N with tert-alkyl or cyclic N) is 1. The SMILES string of the molecule is C#Cc1ccc(-c2nc(-c3cccc4c3CC[C@]43CC(=O)N(CCO)C3)no2)cc1. The molecule has 1 spiro atoms. The summed E-state index contributed by atoms with van der Waals surface area (Å²) in [5.41, 5.74) is 4.76. The summed E-state index contributed by atoms with van der Waals surface area (Å²) in [4.78, 5) is 18.8. The molecule has 1 aliphatic carbocycles. The molecule has 30 heavy (non-hydrogen) atoms. The highest BCUT2D eigenvalue weighted by atomic mass is 16.5. The number of likely N-dealkylation sites (tertiary alicyclic amines) is 1. The largest absolute Gasteiger partial charge is 0.395 e. The minimum Gasteiger partial charge on any atom is -0.395 e. The monoisotopic (exact) mass is 399 g/mol. The zero-order chi connectivity index (χ0) is 20.7. The molecule has 1 atom stereocenters. The fourth-order valence-corrected chi connectivity index (χ4v) is 4.80. The van der Waals surface area contributed by atoms with Crippen LogP contribution < -0.4 is 0 Å². The molecule has 5 rings (SSSR count). The van der Waals surface area contributed by atoms with Gasteiger partial charge in [-0.25, -0.2) is 0 Å². The topological polar surface area (TPSA) is 79.5 Å². The molecule has 6 heteroatoms. The average Bonchev–Trinajstić information content (AvgIpc) is 3.47. The van der Waals surface area contributed by atoms with Gasteiger partial charge in [0.25, 0.3) is 5.89 Å². The molecule has 0 radical (unpaired) electrons. The summed E-state index contributed by atoms with van der Waals surface area (Å²) in [7, 11) is 0. The highest BCUT2D eigenvalue weighted by Crippen LogP contribution is 2.48. The Balaban J connectivity index is 1.48. The van der Waals surface area contributed by atoms with Crippen molar-refractivity contribution in [3.8, 4) is 35.2 Å². The lowest BCUT2D eigenvalue weighted by molar-refractivity contribution is -0.128. The minimum absolute atomic E-state index is 0.0112. The van der Waals surface area contributed by atoms with E-state index in [0.717, 1.165) is 29.5 Å². The molecule has 1 amide bonds. The van der Waals surface area contributed by atoms with Gasteiger partial charge in [-0.05, 0) is 48.2 Å². The van der Waals surface area contributed by atoms with Crippen LogP contribution in [-0.2, 0) is 16.6 Å². The molecular formula is C24H21N3O3. The number of aromatic nitrogens is 2.